The van der Waals surface area contributed by atoms with Crippen molar-refractivity contribution >= 4 is 5.82 Å². The lowest BCUT2D eigenvalue weighted by Crippen LogP contribution is -1.98. The van der Waals surface area contributed by atoms with E-state index in [0.29, 0.717) is 17.3 Å². The Morgan fingerprint density at radius 1 is 1.21 bits per heavy atom. The Morgan fingerprint density at radius 2 is 1.95 bits per heavy atom. The highest BCUT2D eigenvalue weighted by molar-refractivity contribution is 5.73. The summed E-state index contributed by atoms with van der Waals surface area (Å²) in [6.07, 6.45) is 0.912. The van der Waals surface area contributed by atoms with E-state index in [1.54, 1.807) is 18.9 Å². The fourth-order valence-electron chi connectivity index (χ4n) is 2.03. The number of nitrogens with zero attached hydrogens (tertiary/aromatic N) is 2. The molecule has 2 N–H and O–H groups in total. The van der Waals surface area contributed by atoms with Gasteiger partial charge in [0.2, 0.25) is 0 Å². The number of hydrogen-bond acceptors (Lipinski definition) is 4. The molecule has 0 radical (unpaired) electrons. The molecule has 1 aromatic carbocycles. The van der Waals surface area contributed by atoms with Crippen LogP contribution in [0.1, 0.15) is 12.5 Å². The topological polar surface area (TPSA) is 62.3 Å². The van der Waals surface area contributed by atoms with Crippen LogP contribution >= 0.6 is 0 Å². The highest BCUT2D eigenvalue weighted by Crippen LogP contribution is 2.39. The van der Waals surface area contributed by atoms with Crippen molar-refractivity contribution in [3.05, 3.63) is 23.8 Å². The minimum Gasteiger partial charge on any atom is -0.493 e. The summed E-state index contributed by atoms with van der Waals surface area (Å²) in [5.74, 6) is 2.00. The van der Waals surface area contributed by atoms with Gasteiger partial charge in [-0.25, -0.2) is 0 Å². The Labute approximate surface area is 112 Å². The van der Waals surface area contributed by atoms with Crippen LogP contribution in [0.5, 0.6) is 11.5 Å². The number of rotatable bonds is 4. The maximum absolute atomic E-state index is 5.84. The molecule has 5 nitrogen and oxygen atoms in total. The van der Waals surface area contributed by atoms with Crippen LogP contribution in [0.4, 0.5) is 5.82 Å². The van der Waals surface area contributed by atoms with Crippen LogP contribution in [0.25, 0.3) is 11.3 Å². The quantitative estimate of drug-likeness (QED) is 0.917. The number of aromatic nitrogens is 2. The van der Waals surface area contributed by atoms with Crippen LogP contribution in [0.3, 0.4) is 0 Å². The van der Waals surface area contributed by atoms with Crippen molar-refractivity contribution in [2.75, 3.05) is 20.0 Å². The summed E-state index contributed by atoms with van der Waals surface area (Å²) in [5, 5.41) is 4.40. The molecule has 19 heavy (non-hydrogen) atoms. The Bertz CT molecular complexity index is 571. The van der Waals surface area contributed by atoms with E-state index < -0.39 is 0 Å². The molecule has 0 aliphatic carbocycles. The number of hydrogen-bond donors (Lipinski definition) is 1. The molecule has 0 bridgehead atoms. The summed E-state index contributed by atoms with van der Waals surface area (Å²) in [7, 11) is 5.07. The van der Waals surface area contributed by atoms with Crippen molar-refractivity contribution in [1.29, 1.82) is 0 Å². The fourth-order valence-corrected chi connectivity index (χ4v) is 2.03. The minimum atomic E-state index is 0.609. The van der Waals surface area contributed by atoms with E-state index in [9.17, 15) is 0 Å². The summed E-state index contributed by atoms with van der Waals surface area (Å²) >= 11 is 0. The molecule has 0 spiro atoms. The molecule has 0 saturated carbocycles. The third kappa shape index (κ3) is 2.36. The molecule has 0 saturated heterocycles. The minimum absolute atomic E-state index is 0.609. The molecule has 0 aliphatic rings. The zero-order valence-corrected chi connectivity index (χ0v) is 11.7. The zero-order chi connectivity index (χ0) is 14.0. The average molecular weight is 261 g/mol. The van der Waals surface area contributed by atoms with E-state index >= 15 is 0 Å². The smallest absolute Gasteiger partial charge is 0.170 e. The monoisotopic (exact) mass is 261 g/mol. The third-order valence-electron chi connectivity index (χ3n) is 3.14. The van der Waals surface area contributed by atoms with E-state index in [2.05, 4.69) is 18.1 Å². The lowest BCUT2D eigenvalue weighted by atomic mass is 10.0. The van der Waals surface area contributed by atoms with E-state index in [0.717, 1.165) is 23.2 Å². The van der Waals surface area contributed by atoms with E-state index in [4.69, 9.17) is 15.2 Å². The molecule has 0 unspecified atom stereocenters. The van der Waals surface area contributed by atoms with Crippen molar-refractivity contribution < 1.29 is 9.47 Å². The third-order valence-corrected chi connectivity index (χ3v) is 3.14. The molecule has 0 atom stereocenters. The van der Waals surface area contributed by atoms with Gasteiger partial charge in [0.05, 0.1) is 19.9 Å². The van der Waals surface area contributed by atoms with Gasteiger partial charge in [0.25, 0.3) is 0 Å². The summed E-state index contributed by atoms with van der Waals surface area (Å²) < 4.78 is 12.5. The normalized spacial score (nSPS) is 10.5. The van der Waals surface area contributed by atoms with Crippen molar-refractivity contribution in [3.8, 4) is 22.8 Å². The van der Waals surface area contributed by atoms with E-state index in [-0.39, 0.29) is 0 Å². The van der Waals surface area contributed by atoms with Crippen LogP contribution < -0.4 is 15.2 Å². The molecule has 1 aromatic heterocycles. The number of ether oxygens (including phenoxy) is 2. The molecule has 102 valence electrons. The first-order chi connectivity index (χ1) is 9.10. The van der Waals surface area contributed by atoms with Gasteiger partial charge < -0.3 is 15.2 Å². The number of nitrogens with two attached hydrogens (primary N) is 1. The summed E-state index contributed by atoms with van der Waals surface area (Å²) in [5.41, 5.74) is 8.68. The number of benzene rings is 1. The molecule has 0 aliphatic heterocycles. The van der Waals surface area contributed by atoms with Gasteiger partial charge in [-0.2, -0.15) is 5.10 Å². The number of nitrogen functional groups attached to an aromatic ring is 1. The van der Waals surface area contributed by atoms with E-state index in [1.807, 2.05) is 19.2 Å². The van der Waals surface area contributed by atoms with Gasteiger partial charge >= 0.3 is 0 Å². The van der Waals surface area contributed by atoms with Gasteiger partial charge in [-0.3, -0.25) is 4.68 Å². The molecule has 2 aromatic rings. The van der Waals surface area contributed by atoms with Crippen LogP contribution in [-0.4, -0.2) is 24.0 Å². The van der Waals surface area contributed by atoms with Crippen LogP contribution in [-0.2, 0) is 13.5 Å². The fraction of sp³-hybridized carbons (Fsp3) is 0.357. The molecule has 0 amide bonds. The van der Waals surface area contributed by atoms with Gasteiger partial charge in [-0.15, -0.1) is 0 Å². The molecule has 2 rings (SSSR count). The van der Waals surface area contributed by atoms with Crippen LogP contribution in [0.2, 0.25) is 0 Å². The Morgan fingerprint density at radius 3 is 2.42 bits per heavy atom. The van der Waals surface area contributed by atoms with E-state index in [1.165, 1.54) is 0 Å². The van der Waals surface area contributed by atoms with Gasteiger partial charge in [-0.1, -0.05) is 6.92 Å². The summed E-state index contributed by atoms with van der Waals surface area (Å²) in [6.45, 7) is 2.10. The average Bonchev–Trinajstić information content (AvgIpc) is 2.76. The Hall–Kier alpha value is -2.17. The highest BCUT2D eigenvalue weighted by atomic mass is 16.5. The van der Waals surface area contributed by atoms with Crippen molar-refractivity contribution in [2.45, 2.75) is 13.3 Å². The Kier molecular flexibility index (Phi) is 3.64. The first-order valence-corrected chi connectivity index (χ1v) is 6.15. The molecular formula is C14H19N3O2. The Balaban J connectivity index is 2.65. The second kappa shape index (κ2) is 5.22. The highest BCUT2D eigenvalue weighted by Gasteiger charge is 2.16. The number of methoxy groups -OCH3 is 2. The standard InChI is InChI=1S/C14H19N3O2/c1-5-9-6-10(11-8-13(15)17(2)16-11)14(19-4)12(7-9)18-3/h6-8H,5,15H2,1-4H3. The predicted molar refractivity (Wildman–Crippen MR) is 75.5 cm³/mol. The number of aryl methyl sites for hydroxylation is 2. The lowest BCUT2D eigenvalue weighted by molar-refractivity contribution is 0.355. The zero-order valence-electron chi connectivity index (χ0n) is 11.7. The first kappa shape index (κ1) is 13.3. The van der Waals surface area contributed by atoms with Crippen molar-refractivity contribution in [3.63, 3.8) is 0 Å². The lowest BCUT2D eigenvalue weighted by Gasteiger charge is -2.13. The first-order valence-electron chi connectivity index (χ1n) is 6.15. The summed E-state index contributed by atoms with van der Waals surface area (Å²) in [6, 6.07) is 5.87. The maximum atomic E-state index is 5.84. The van der Waals surface area contributed by atoms with Crippen LogP contribution in [0, 0.1) is 0 Å². The second-order valence-corrected chi connectivity index (χ2v) is 4.31. The SMILES string of the molecule is CCc1cc(OC)c(OC)c(-c2cc(N)n(C)n2)c1. The molecule has 1 heterocycles. The maximum Gasteiger partial charge on any atom is 0.170 e. The largest absolute Gasteiger partial charge is 0.493 e. The molecular weight excluding hydrogens is 242 g/mol. The molecule has 0 fully saturated rings. The molecule has 5 heteroatoms. The predicted octanol–water partition coefficient (Wildman–Crippen LogP) is 2.25. The summed E-state index contributed by atoms with van der Waals surface area (Å²) in [4.78, 5) is 0. The van der Waals surface area contributed by atoms with Gasteiger partial charge in [0.1, 0.15) is 5.82 Å². The second-order valence-electron chi connectivity index (χ2n) is 4.31. The van der Waals surface area contributed by atoms with Crippen molar-refractivity contribution in [1.82, 2.24) is 9.78 Å². The van der Waals surface area contributed by atoms with Crippen molar-refractivity contribution in [2.24, 2.45) is 7.05 Å². The van der Waals surface area contributed by atoms with Gasteiger partial charge in [-0.05, 0) is 24.1 Å². The number of anilines is 1. The van der Waals surface area contributed by atoms with Gasteiger partial charge in [0, 0.05) is 18.7 Å². The van der Waals surface area contributed by atoms with Crippen LogP contribution in [0.15, 0.2) is 18.2 Å². The van der Waals surface area contributed by atoms with Gasteiger partial charge in [0.15, 0.2) is 11.5 Å².